The van der Waals surface area contributed by atoms with Gasteiger partial charge in [-0.2, -0.15) is 0 Å². The van der Waals surface area contributed by atoms with E-state index in [1.165, 1.54) is 5.56 Å². The number of aliphatic hydroxyl groups is 1. The number of hydrogen-bond donors (Lipinski definition) is 2. The molecule has 0 aliphatic rings. The first-order valence-electron chi connectivity index (χ1n) is 6.80. The van der Waals surface area contributed by atoms with Gasteiger partial charge in [-0.05, 0) is 29.7 Å². The van der Waals surface area contributed by atoms with Gasteiger partial charge in [-0.25, -0.2) is 0 Å². The minimum Gasteiger partial charge on any atom is -0.394 e. The maximum absolute atomic E-state index is 12.2. The van der Waals surface area contributed by atoms with Crippen molar-refractivity contribution in [2.45, 2.75) is 19.4 Å². The lowest BCUT2D eigenvalue weighted by Crippen LogP contribution is -2.30. The largest absolute Gasteiger partial charge is 0.394 e. The first-order chi connectivity index (χ1) is 9.74. The predicted molar refractivity (Wildman–Crippen MR) is 79.6 cm³/mol. The van der Waals surface area contributed by atoms with Crippen molar-refractivity contribution >= 4 is 5.91 Å². The summed E-state index contributed by atoms with van der Waals surface area (Å²) in [5.41, 5.74) is 2.70. The second kappa shape index (κ2) is 6.87. The van der Waals surface area contributed by atoms with Crippen LogP contribution in [0.5, 0.6) is 0 Å². The minimum absolute atomic E-state index is 0.122. The number of aliphatic hydroxyl groups excluding tert-OH is 1. The van der Waals surface area contributed by atoms with E-state index >= 15 is 0 Å². The fourth-order valence-corrected chi connectivity index (χ4v) is 2.05. The molecule has 104 valence electrons. The fourth-order valence-electron chi connectivity index (χ4n) is 2.05. The summed E-state index contributed by atoms with van der Waals surface area (Å²) in [6, 6.07) is 16.6. The Hall–Kier alpha value is -2.13. The van der Waals surface area contributed by atoms with Crippen LogP contribution in [0.4, 0.5) is 0 Å². The number of benzene rings is 2. The lowest BCUT2D eigenvalue weighted by Gasteiger charge is -2.16. The molecule has 2 rings (SSSR count). The topological polar surface area (TPSA) is 49.3 Å². The van der Waals surface area contributed by atoms with E-state index in [0.717, 1.165) is 12.0 Å². The van der Waals surface area contributed by atoms with Crippen molar-refractivity contribution in [1.82, 2.24) is 5.32 Å². The van der Waals surface area contributed by atoms with Crippen molar-refractivity contribution in [3.63, 3.8) is 0 Å². The van der Waals surface area contributed by atoms with E-state index in [4.69, 9.17) is 0 Å². The molecule has 2 aromatic rings. The summed E-state index contributed by atoms with van der Waals surface area (Å²) in [5.74, 6) is -0.171. The molecule has 1 amide bonds. The molecule has 0 bridgehead atoms. The summed E-state index contributed by atoms with van der Waals surface area (Å²) in [7, 11) is 0. The highest BCUT2D eigenvalue weighted by molar-refractivity contribution is 5.94. The molecule has 3 nitrogen and oxygen atoms in total. The lowest BCUT2D eigenvalue weighted by molar-refractivity contribution is 0.0916. The van der Waals surface area contributed by atoms with Crippen LogP contribution in [0.25, 0.3) is 0 Å². The molecule has 0 radical (unpaired) electrons. The van der Waals surface area contributed by atoms with Gasteiger partial charge in [0.25, 0.3) is 5.91 Å². The van der Waals surface area contributed by atoms with Gasteiger partial charge in [0.2, 0.25) is 0 Å². The summed E-state index contributed by atoms with van der Waals surface area (Å²) < 4.78 is 0. The number of amides is 1. The van der Waals surface area contributed by atoms with Crippen LogP contribution in [-0.2, 0) is 6.42 Å². The van der Waals surface area contributed by atoms with Crippen LogP contribution in [-0.4, -0.2) is 17.6 Å². The summed E-state index contributed by atoms with van der Waals surface area (Å²) in [6.07, 6.45) is 0.950. The number of hydrogen-bond acceptors (Lipinski definition) is 2. The summed E-state index contributed by atoms with van der Waals surface area (Å²) in [4.78, 5) is 12.2. The van der Waals surface area contributed by atoms with E-state index in [9.17, 15) is 9.90 Å². The third kappa shape index (κ3) is 3.45. The fraction of sp³-hybridized carbons (Fsp3) is 0.235. The molecule has 0 saturated heterocycles. The van der Waals surface area contributed by atoms with Crippen LogP contribution in [0, 0.1) is 0 Å². The highest BCUT2D eigenvalue weighted by Gasteiger charge is 2.14. The van der Waals surface area contributed by atoms with Gasteiger partial charge in [0.05, 0.1) is 12.6 Å². The van der Waals surface area contributed by atoms with E-state index in [-0.39, 0.29) is 18.6 Å². The van der Waals surface area contributed by atoms with Gasteiger partial charge in [-0.15, -0.1) is 0 Å². The van der Waals surface area contributed by atoms with Gasteiger partial charge in [0.15, 0.2) is 0 Å². The van der Waals surface area contributed by atoms with Crippen molar-refractivity contribution in [2.75, 3.05) is 6.61 Å². The van der Waals surface area contributed by atoms with Crippen LogP contribution in [0.1, 0.15) is 34.5 Å². The zero-order valence-electron chi connectivity index (χ0n) is 11.5. The minimum atomic E-state index is -0.380. The van der Waals surface area contributed by atoms with E-state index in [1.54, 1.807) is 0 Å². The van der Waals surface area contributed by atoms with Gasteiger partial charge in [-0.3, -0.25) is 4.79 Å². The quantitative estimate of drug-likeness (QED) is 0.876. The van der Waals surface area contributed by atoms with Crippen molar-refractivity contribution in [1.29, 1.82) is 0 Å². The smallest absolute Gasteiger partial charge is 0.251 e. The van der Waals surface area contributed by atoms with Gasteiger partial charge in [0.1, 0.15) is 0 Å². The van der Waals surface area contributed by atoms with E-state index in [1.807, 2.05) is 54.6 Å². The Morgan fingerprint density at radius 3 is 2.30 bits per heavy atom. The van der Waals surface area contributed by atoms with Crippen molar-refractivity contribution in [3.05, 3.63) is 71.3 Å². The second-order valence-electron chi connectivity index (χ2n) is 4.67. The molecule has 0 aliphatic heterocycles. The molecule has 0 spiro atoms. The molecule has 2 N–H and O–H groups in total. The molecular weight excluding hydrogens is 250 g/mol. The molecule has 0 saturated carbocycles. The van der Waals surface area contributed by atoms with Gasteiger partial charge in [0, 0.05) is 5.56 Å². The molecule has 0 heterocycles. The Morgan fingerprint density at radius 2 is 1.75 bits per heavy atom. The van der Waals surface area contributed by atoms with E-state index in [0.29, 0.717) is 5.56 Å². The maximum Gasteiger partial charge on any atom is 0.251 e. The molecule has 2 aromatic carbocycles. The molecule has 20 heavy (non-hydrogen) atoms. The molecular formula is C17H19NO2. The maximum atomic E-state index is 12.2. The van der Waals surface area contributed by atoms with Gasteiger partial charge < -0.3 is 10.4 Å². The number of carbonyl (C=O) groups is 1. The molecule has 0 aliphatic carbocycles. The summed E-state index contributed by atoms with van der Waals surface area (Å²) in [6.45, 7) is 1.95. The number of nitrogens with one attached hydrogen (secondary N) is 1. The zero-order valence-corrected chi connectivity index (χ0v) is 11.5. The van der Waals surface area contributed by atoms with Crippen molar-refractivity contribution in [2.24, 2.45) is 0 Å². The number of aryl methyl sites for hydroxylation is 1. The third-order valence-electron chi connectivity index (χ3n) is 3.31. The average molecular weight is 269 g/mol. The van der Waals surface area contributed by atoms with Crippen LogP contribution >= 0.6 is 0 Å². The summed E-state index contributed by atoms with van der Waals surface area (Å²) >= 11 is 0. The van der Waals surface area contributed by atoms with E-state index < -0.39 is 0 Å². The third-order valence-corrected chi connectivity index (χ3v) is 3.31. The van der Waals surface area contributed by atoms with Crippen LogP contribution in [0.2, 0.25) is 0 Å². The Bertz CT molecular complexity index is 549. The Morgan fingerprint density at radius 1 is 1.10 bits per heavy atom. The van der Waals surface area contributed by atoms with Crippen molar-refractivity contribution in [3.8, 4) is 0 Å². The number of rotatable bonds is 5. The highest BCUT2D eigenvalue weighted by atomic mass is 16.3. The Kier molecular flexibility index (Phi) is 4.91. The summed E-state index contributed by atoms with van der Waals surface area (Å²) in [5, 5.41) is 12.3. The Balaban J connectivity index is 2.09. The number of carbonyl (C=O) groups excluding carboxylic acids is 1. The van der Waals surface area contributed by atoms with Crippen LogP contribution in [0.3, 0.4) is 0 Å². The lowest BCUT2D eigenvalue weighted by atomic mass is 10.1. The zero-order chi connectivity index (χ0) is 14.4. The van der Waals surface area contributed by atoms with E-state index in [2.05, 4.69) is 12.2 Å². The first kappa shape index (κ1) is 14.3. The SMILES string of the molecule is CCc1ccc(C(=O)NC(CO)c2ccccc2)cc1. The second-order valence-corrected chi connectivity index (χ2v) is 4.67. The average Bonchev–Trinajstić information content (AvgIpc) is 2.53. The van der Waals surface area contributed by atoms with Crippen molar-refractivity contribution < 1.29 is 9.90 Å². The molecule has 3 heteroatoms. The van der Waals surface area contributed by atoms with Crippen LogP contribution in [0.15, 0.2) is 54.6 Å². The van der Waals surface area contributed by atoms with Gasteiger partial charge in [-0.1, -0.05) is 49.4 Å². The first-order valence-corrected chi connectivity index (χ1v) is 6.80. The molecule has 1 unspecified atom stereocenters. The molecule has 0 aromatic heterocycles. The van der Waals surface area contributed by atoms with Crippen LogP contribution < -0.4 is 5.32 Å². The van der Waals surface area contributed by atoms with Gasteiger partial charge >= 0.3 is 0 Å². The predicted octanol–water partition coefficient (Wildman–Crippen LogP) is 2.71. The standard InChI is InChI=1S/C17H19NO2/c1-2-13-8-10-15(11-9-13)17(20)18-16(12-19)14-6-4-3-5-7-14/h3-11,16,19H,2,12H2,1H3,(H,18,20). The molecule has 0 fully saturated rings. The Labute approximate surface area is 119 Å². The normalized spacial score (nSPS) is 11.9. The highest BCUT2D eigenvalue weighted by Crippen LogP contribution is 2.13. The monoisotopic (exact) mass is 269 g/mol. The molecule has 1 atom stereocenters.